The molecule has 2 heterocycles. The number of fused-ring (bicyclic) bond motifs is 2. The van der Waals surface area contributed by atoms with Gasteiger partial charge in [0.2, 0.25) is 0 Å². The van der Waals surface area contributed by atoms with Gasteiger partial charge in [-0.2, -0.15) is 0 Å². The van der Waals surface area contributed by atoms with Crippen molar-refractivity contribution in [1.29, 1.82) is 0 Å². The summed E-state index contributed by atoms with van der Waals surface area (Å²) in [6.07, 6.45) is 0. The van der Waals surface area contributed by atoms with Crippen molar-refractivity contribution in [2.45, 2.75) is 6.92 Å². The van der Waals surface area contributed by atoms with Crippen LogP contribution in [-0.4, -0.2) is 19.2 Å². The predicted molar refractivity (Wildman–Crippen MR) is 89.6 cm³/mol. The summed E-state index contributed by atoms with van der Waals surface area (Å²) in [4.78, 5) is 23.9. The van der Waals surface area contributed by atoms with Crippen LogP contribution in [0.1, 0.15) is 15.9 Å². The maximum absolute atomic E-state index is 12.4. The zero-order chi connectivity index (χ0) is 17.4. The van der Waals surface area contributed by atoms with Crippen molar-refractivity contribution < 1.29 is 23.4 Å². The lowest BCUT2D eigenvalue weighted by Crippen LogP contribution is -2.16. The van der Waals surface area contributed by atoms with Gasteiger partial charge in [-0.05, 0) is 42.8 Å². The Balaban J connectivity index is 1.62. The molecule has 1 aliphatic heterocycles. The summed E-state index contributed by atoms with van der Waals surface area (Å²) < 4.78 is 21.4. The lowest BCUT2D eigenvalue weighted by atomic mass is 10.1. The van der Waals surface area contributed by atoms with Crippen LogP contribution in [0.15, 0.2) is 51.7 Å². The second kappa shape index (κ2) is 5.98. The predicted octanol–water partition coefficient (Wildman–Crippen LogP) is 3.09. The molecular formula is C19H14O6. The van der Waals surface area contributed by atoms with E-state index in [-0.39, 0.29) is 0 Å². The number of aryl methyl sites for hydroxylation is 1. The summed E-state index contributed by atoms with van der Waals surface area (Å²) in [6, 6.07) is 11.2. The Morgan fingerprint density at radius 3 is 2.64 bits per heavy atom. The number of esters is 1. The summed E-state index contributed by atoms with van der Waals surface area (Å²) >= 11 is 0. The van der Waals surface area contributed by atoms with Crippen molar-refractivity contribution in [2.24, 2.45) is 0 Å². The summed E-state index contributed by atoms with van der Waals surface area (Å²) in [5.74, 6) is 0.874. The van der Waals surface area contributed by atoms with E-state index in [0.29, 0.717) is 41.6 Å². The Bertz CT molecular complexity index is 1030. The molecule has 4 rings (SSSR count). The van der Waals surface area contributed by atoms with Gasteiger partial charge in [0.15, 0.2) is 11.5 Å². The number of benzene rings is 2. The van der Waals surface area contributed by atoms with E-state index in [1.54, 1.807) is 30.3 Å². The largest absolute Gasteiger partial charge is 0.486 e. The van der Waals surface area contributed by atoms with Crippen molar-refractivity contribution in [3.8, 4) is 17.2 Å². The van der Waals surface area contributed by atoms with Crippen LogP contribution >= 0.6 is 0 Å². The summed E-state index contributed by atoms with van der Waals surface area (Å²) in [6.45, 7) is 2.74. The van der Waals surface area contributed by atoms with Crippen LogP contribution in [0.5, 0.6) is 17.2 Å². The first-order chi connectivity index (χ1) is 12.1. The summed E-state index contributed by atoms with van der Waals surface area (Å²) in [5, 5.41) is 0.790. The van der Waals surface area contributed by atoms with E-state index in [2.05, 4.69) is 0 Å². The van der Waals surface area contributed by atoms with Gasteiger partial charge in [0.05, 0.1) is 5.56 Å². The zero-order valence-electron chi connectivity index (χ0n) is 13.4. The maximum Gasteiger partial charge on any atom is 0.343 e. The van der Waals surface area contributed by atoms with E-state index in [9.17, 15) is 9.59 Å². The summed E-state index contributed by atoms with van der Waals surface area (Å²) in [7, 11) is 0. The number of hydrogen-bond acceptors (Lipinski definition) is 6. The van der Waals surface area contributed by atoms with Crippen molar-refractivity contribution in [3.63, 3.8) is 0 Å². The fourth-order valence-electron chi connectivity index (χ4n) is 2.71. The van der Waals surface area contributed by atoms with Crippen molar-refractivity contribution in [3.05, 3.63) is 64.0 Å². The lowest BCUT2D eigenvalue weighted by molar-refractivity contribution is 0.0733. The quantitative estimate of drug-likeness (QED) is 0.406. The molecule has 0 atom stereocenters. The van der Waals surface area contributed by atoms with Gasteiger partial charge in [0.1, 0.15) is 24.5 Å². The molecule has 25 heavy (non-hydrogen) atoms. The molecule has 3 aromatic rings. The molecule has 0 spiro atoms. The van der Waals surface area contributed by atoms with Gasteiger partial charge in [-0.3, -0.25) is 0 Å². The van der Waals surface area contributed by atoms with Gasteiger partial charge in [-0.25, -0.2) is 9.59 Å². The molecule has 0 bridgehead atoms. The molecule has 1 aromatic heterocycles. The maximum atomic E-state index is 12.4. The van der Waals surface area contributed by atoms with Gasteiger partial charge in [0, 0.05) is 17.5 Å². The third kappa shape index (κ3) is 2.94. The van der Waals surface area contributed by atoms with Gasteiger partial charge in [-0.15, -0.1) is 0 Å². The molecule has 6 nitrogen and oxygen atoms in total. The molecule has 126 valence electrons. The zero-order valence-corrected chi connectivity index (χ0v) is 13.4. The molecule has 1 aliphatic rings. The Labute approximate surface area is 142 Å². The van der Waals surface area contributed by atoms with E-state index >= 15 is 0 Å². The highest BCUT2D eigenvalue weighted by Crippen LogP contribution is 2.31. The normalized spacial score (nSPS) is 12.8. The Morgan fingerprint density at radius 2 is 1.80 bits per heavy atom. The van der Waals surface area contributed by atoms with E-state index in [1.165, 1.54) is 12.1 Å². The average molecular weight is 338 g/mol. The number of hydrogen-bond donors (Lipinski definition) is 0. The van der Waals surface area contributed by atoms with Crippen molar-refractivity contribution in [2.75, 3.05) is 13.2 Å². The molecule has 0 aliphatic carbocycles. The topological polar surface area (TPSA) is 75.0 Å². The standard InChI is InChI=1S/C19H14O6/c1-11-8-18(20)25-16-10-13(3-4-14(11)16)24-19(21)12-2-5-15-17(9-12)23-7-6-22-15/h2-5,8-10H,6-7H2,1H3. The van der Waals surface area contributed by atoms with E-state index < -0.39 is 11.6 Å². The molecule has 0 N–H and O–H groups in total. The molecule has 2 aromatic carbocycles. The molecule has 0 amide bonds. The SMILES string of the molecule is Cc1cc(=O)oc2cc(OC(=O)c3ccc4c(c3)OCCO4)ccc12. The van der Waals surface area contributed by atoms with E-state index in [1.807, 2.05) is 6.92 Å². The highest BCUT2D eigenvalue weighted by Gasteiger charge is 2.16. The number of carbonyl (C=O) groups is 1. The van der Waals surface area contributed by atoms with Crippen LogP contribution in [0.25, 0.3) is 11.0 Å². The fourth-order valence-corrected chi connectivity index (χ4v) is 2.71. The smallest absolute Gasteiger partial charge is 0.343 e. The second-order valence-corrected chi connectivity index (χ2v) is 5.65. The Hall–Kier alpha value is -3.28. The van der Waals surface area contributed by atoms with Gasteiger partial charge < -0.3 is 18.6 Å². The minimum Gasteiger partial charge on any atom is -0.486 e. The van der Waals surface area contributed by atoms with E-state index in [4.69, 9.17) is 18.6 Å². The third-order valence-electron chi connectivity index (χ3n) is 3.91. The van der Waals surface area contributed by atoms with Crippen molar-refractivity contribution in [1.82, 2.24) is 0 Å². The van der Waals surface area contributed by atoms with Crippen LogP contribution < -0.4 is 19.8 Å². The molecule has 6 heteroatoms. The van der Waals surface area contributed by atoms with Gasteiger partial charge >= 0.3 is 11.6 Å². The first-order valence-corrected chi connectivity index (χ1v) is 7.76. The third-order valence-corrected chi connectivity index (χ3v) is 3.91. The minimum atomic E-state index is -0.536. The van der Waals surface area contributed by atoms with Crippen LogP contribution in [0.2, 0.25) is 0 Å². The molecule has 0 saturated carbocycles. The van der Waals surface area contributed by atoms with Gasteiger partial charge in [0.25, 0.3) is 0 Å². The number of rotatable bonds is 2. The van der Waals surface area contributed by atoms with Crippen LogP contribution in [0, 0.1) is 6.92 Å². The minimum absolute atomic E-state index is 0.293. The van der Waals surface area contributed by atoms with Gasteiger partial charge in [-0.1, -0.05) is 0 Å². The molecule has 0 radical (unpaired) electrons. The molecule has 0 unspecified atom stereocenters. The first-order valence-electron chi connectivity index (χ1n) is 7.76. The van der Waals surface area contributed by atoms with Crippen LogP contribution in [0.4, 0.5) is 0 Å². The monoisotopic (exact) mass is 338 g/mol. The number of ether oxygens (including phenoxy) is 3. The highest BCUT2D eigenvalue weighted by atomic mass is 16.6. The molecule has 0 saturated heterocycles. The number of carbonyl (C=O) groups excluding carboxylic acids is 1. The molecular weight excluding hydrogens is 324 g/mol. The molecule has 0 fully saturated rings. The van der Waals surface area contributed by atoms with E-state index in [0.717, 1.165) is 10.9 Å². The fraction of sp³-hybridized carbons (Fsp3) is 0.158. The Morgan fingerprint density at radius 1 is 1.00 bits per heavy atom. The van der Waals surface area contributed by atoms with Crippen LogP contribution in [0.3, 0.4) is 0 Å². The summed E-state index contributed by atoms with van der Waals surface area (Å²) in [5.41, 5.74) is 1.07. The second-order valence-electron chi connectivity index (χ2n) is 5.65. The average Bonchev–Trinajstić information content (AvgIpc) is 2.60. The van der Waals surface area contributed by atoms with Crippen LogP contribution in [-0.2, 0) is 0 Å². The first kappa shape index (κ1) is 15.3. The lowest BCUT2D eigenvalue weighted by Gasteiger charge is -2.18. The van der Waals surface area contributed by atoms with Crippen molar-refractivity contribution >= 4 is 16.9 Å². The Kier molecular flexibility index (Phi) is 3.65. The highest BCUT2D eigenvalue weighted by molar-refractivity contribution is 5.92.